The standard InChI is InChI=1S/C19H30N2O3/c1-12(2)20-11-14(17(22)19(4,5)6)18(23)21-15-10-13(3)8-9-16(15)24-7/h8-10,12,14,20H,11H2,1-7H3,(H,21,23). The molecule has 0 radical (unpaired) electrons. The molecule has 0 bridgehead atoms. The van der Waals surface area contributed by atoms with Crippen molar-refractivity contribution in [2.75, 3.05) is 19.0 Å². The van der Waals surface area contributed by atoms with Crippen molar-refractivity contribution in [2.45, 2.75) is 47.6 Å². The number of methoxy groups -OCH3 is 1. The molecule has 0 aliphatic carbocycles. The first-order valence-corrected chi connectivity index (χ1v) is 8.29. The highest BCUT2D eigenvalue weighted by molar-refractivity contribution is 6.09. The lowest BCUT2D eigenvalue weighted by atomic mass is 9.82. The highest BCUT2D eigenvalue weighted by atomic mass is 16.5. The zero-order valence-corrected chi connectivity index (χ0v) is 15.8. The van der Waals surface area contributed by atoms with E-state index in [1.165, 1.54) is 0 Å². The van der Waals surface area contributed by atoms with Crippen LogP contribution < -0.4 is 15.4 Å². The summed E-state index contributed by atoms with van der Waals surface area (Å²) in [5, 5.41) is 6.05. The van der Waals surface area contributed by atoms with Gasteiger partial charge in [-0.3, -0.25) is 9.59 Å². The number of nitrogens with one attached hydrogen (secondary N) is 2. The van der Waals surface area contributed by atoms with Crippen molar-refractivity contribution >= 4 is 17.4 Å². The van der Waals surface area contributed by atoms with Crippen LogP contribution in [0.1, 0.15) is 40.2 Å². The zero-order chi connectivity index (χ0) is 18.5. The molecule has 0 spiro atoms. The normalized spacial score (nSPS) is 12.8. The number of amides is 1. The van der Waals surface area contributed by atoms with Crippen LogP contribution >= 0.6 is 0 Å². The van der Waals surface area contributed by atoms with Crippen LogP contribution in [0.25, 0.3) is 0 Å². The Morgan fingerprint density at radius 2 is 1.83 bits per heavy atom. The molecule has 1 amide bonds. The Morgan fingerprint density at radius 3 is 2.33 bits per heavy atom. The minimum atomic E-state index is -0.752. The Balaban J connectivity index is 3.03. The molecule has 24 heavy (non-hydrogen) atoms. The second kappa shape index (κ2) is 8.29. The largest absolute Gasteiger partial charge is 0.495 e. The van der Waals surface area contributed by atoms with Crippen LogP contribution in [0.15, 0.2) is 18.2 Å². The maximum atomic E-state index is 12.8. The van der Waals surface area contributed by atoms with Crippen LogP contribution in [0.2, 0.25) is 0 Å². The summed E-state index contributed by atoms with van der Waals surface area (Å²) in [6.07, 6.45) is 0. The van der Waals surface area contributed by atoms with Gasteiger partial charge >= 0.3 is 0 Å². The van der Waals surface area contributed by atoms with E-state index in [4.69, 9.17) is 4.74 Å². The fourth-order valence-corrected chi connectivity index (χ4v) is 2.32. The highest BCUT2D eigenvalue weighted by Gasteiger charge is 2.34. The Kier molecular flexibility index (Phi) is 6.96. The second-order valence-corrected chi connectivity index (χ2v) is 7.42. The third-order valence-electron chi connectivity index (χ3n) is 3.72. The molecule has 5 heteroatoms. The molecular weight excluding hydrogens is 304 g/mol. The molecule has 1 atom stereocenters. The third kappa shape index (κ3) is 5.64. The van der Waals surface area contributed by atoms with E-state index < -0.39 is 11.3 Å². The summed E-state index contributed by atoms with van der Waals surface area (Å²) in [6.45, 7) is 11.7. The van der Waals surface area contributed by atoms with Crippen molar-refractivity contribution < 1.29 is 14.3 Å². The van der Waals surface area contributed by atoms with E-state index in [0.29, 0.717) is 18.0 Å². The van der Waals surface area contributed by atoms with Crippen molar-refractivity contribution in [1.29, 1.82) is 0 Å². The van der Waals surface area contributed by atoms with Gasteiger partial charge in [-0.25, -0.2) is 0 Å². The summed E-state index contributed by atoms with van der Waals surface area (Å²) in [7, 11) is 1.55. The van der Waals surface area contributed by atoms with Gasteiger partial charge in [0.05, 0.1) is 12.8 Å². The number of carbonyl (C=O) groups excluding carboxylic acids is 2. The SMILES string of the molecule is COc1ccc(C)cc1NC(=O)C(CNC(C)C)C(=O)C(C)(C)C. The van der Waals surface area contributed by atoms with Gasteiger partial charge in [0, 0.05) is 18.0 Å². The van der Waals surface area contributed by atoms with Crippen LogP contribution in [-0.4, -0.2) is 31.4 Å². The molecule has 1 aromatic rings. The number of anilines is 1. The van der Waals surface area contributed by atoms with Crippen LogP contribution in [0, 0.1) is 18.3 Å². The number of rotatable bonds is 7. The molecule has 0 fully saturated rings. The number of hydrogen-bond donors (Lipinski definition) is 2. The first-order valence-electron chi connectivity index (χ1n) is 8.29. The van der Waals surface area contributed by atoms with Gasteiger partial charge in [-0.1, -0.05) is 40.7 Å². The third-order valence-corrected chi connectivity index (χ3v) is 3.72. The van der Waals surface area contributed by atoms with Crippen molar-refractivity contribution in [1.82, 2.24) is 5.32 Å². The topological polar surface area (TPSA) is 67.4 Å². The van der Waals surface area contributed by atoms with Crippen LogP contribution in [0.4, 0.5) is 5.69 Å². The molecule has 1 rings (SSSR count). The van der Waals surface area contributed by atoms with Gasteiger partial charge in [0.2, 0.25) is 5.91 Å². The summed E-state index contributed by atoms with van der Waals surface area (Å²) in [6, 6.07) is 5.75. The fraction of sp³-hybridized carbons (Fsp3) is 0.579. The quantitative estimate of drug-likeness (QED) is 0.752. The molecule has 0 aromatic heterocycles. The monoisotopic (exact) mass is 334 g/mol. The molecule has 0 aliphatic rings. The number of Topliss-reactive ketones (excluding diaryl/α,β-unsaturated/α-hetero) is 1. The van der Waals surface area contributed by atoms with Crippen LogP contribution in [0.5, 0.6) is 5.75 Å². The average molecular weight is 334 g/mol. The van der Waals surface area contributed by atoms with Gasteiger partial charge in [0.25, 0.3) is 0 Å². The number of ether oxygens (including phenoxy) is 1. The molecular formula is C19H30N2O3. The van der Waals surface area contributed by atoms with E-state index in [1.54, 1.807) is 13.2 Å². The Hall–Kier alpha value is -1.88. The summed E-state index contributed by atoms with van der Waals surface area (Å²) < 4.78 is 5.29. The van der Waals surface area contributed by atoms with E-state index in [0.717, 1.165) is 5.56 Å². The van der Waals surface area contributed by atoms with E-state index >= 15 is 0 Å². The number of ketones is 1. The summed E-state index contributed by atoms with van der Waals surface area (Å²) in [4.78, 5) is 25.5. The number of aryl methyl sites for hydroxylation is 1. The number of carbonyl (C=O) groups is 2. The van der Waals surface area contributed by atoms with Gasteiger partial charge < -0.3 is 15.4 Å². The smallest absolute Gasteiger partial charge is 0.236 e. The van der Waals surface area contributed by atoms with E-state index in [-0.39, 0.29) is 17.7 Å². The number of hydrogen-bond acceptors (Lipinski definition) is 4. The maximum Gasteiger partial charge on any atom is 0.236 e. The summed E-state index contributed by atoms with van der Waals surface area (Å²) in [5.74, 6) is -0.572. The van der Waals surface area contributed by atoms with Crippen molar-refractivity contribution in [3.05, 3.63) is 23.8 Å². The van der Waals surface area contributed by atoms with E-state index in [2.05, 4.69) is 10.6 Å². The molecule has 0 saturated heterocycles. The molecule has 0 aliphatic heterocycles. The fourth-order valence-electron chi connectivity index (χ4n) is 2.32. The highest BCUT2D eigenvalue weighted by Crippen LogP contribution is 2.27. The van der Waals surface area contributed by atoms with Gasteiger partial charge in [-0.05, 0) is 24.6 Å². The van der Waals surface area contributed by atoms with Crippen LogP contribution in [0.3, 0.4) is 0 Å². The molecule has 5 nitrogen and oxygen atoms in total. The summed E-state index contributed by atoms with van der Waals surface area (Å²) in [5.41, 5.74) is 1.00. The predicted molar refractivity (Wildman–Crippen MR) is 97.5 cm³/mol. The first kappa shape index (κ1) is 20.2. The first-order chi connectivity index (χ1) is 11.1. The molecule has 1 unspecified atom stereocenters. The van der Waals surface area contributed by atoms with Crippen molar-refractivity contribution in [3.8, 4) is 5.75 Å². The maximum absolute atomic E-state index is 12.8. The second-order valence-electron chi connectivity index (χ2n) is 7.42. The van der Waals surface area contributed by atoms with Crippen molar-refractivity contribution in [2.24, 2.45) is 11.3 Å². The molecule has 2 N–H and O–H groups in total. The molecule has 0 saturated carbocycles. The minimum Gasteiger partial charge on any atom is -0.495 e. The van der Waals surface area contributed by atoms with E-state index in [9.17, 15) is 9.59 Å². The summed E-state index contributed by atoms with van der Waals surface area (Å²) >= 11 is 0. The average Bonchev–Trinajstić information content (AvgIpc) is 2.46. The molecule has 134 valence electrons. The number of benzene rings is 1. The lowest BCUT2D eigenvalue weighted by molar-refractivity contribution is -0.136. The predicted octanol–water partition coefficient (Wildman–Crippen LogP) is 3.17. The lowest BCUT2D eigenvalue weighted by Gasteiger charge is -2.25. The Morgan fingerprint density at radius 1 is 1.21 bits per heavy atom. The van der Waals surface area contributed by atoms with Gasteiger partial charge in [0.1, 0.15) is 11.7 Å². The van der Waals surface area contributed by atoms with Gasteiger partial charge in [-0.15, -0.1) is 0 Å². The zero-order valence-electron chi connectivity index (χ0n) is 15.8. The lowest BCUT2D eigenvalue weighted by Crippen LogP contribution is -2.44. The molecule has 1 aromatic carbocycles. The van der Waals surface area contributed by atoms with Gasteiger partial charge in [-0.2, -0.15) is 0 Å². The Bertz CT molecular complexity index is 589. The Labute approximate surface area is 145 Å². The van der Waals surface area contributed by atoms with E-state index in [1.807, 2.05) is 53.7 Å². The van der Waals surface area contributed by atoms with Gasteiger partial charge in [0.15, 0.2) is 5.78 Å². The van der Waals surface area contributed by atoms with Crippen LogP contribution in [-0.2, 0) is 9.59 Å². The van der Waals surface area contributed by atoms with Crippen molar-refractivity contribution in [3.63, 3.8) is 0 Å². The minimum absolute atomic E-state index is 0.0835. The molecule has 0 heterocycles.